The van der Waals surface area contributed by atoms with Crippen molar-refractivity contribution < 1.29 is 0 Å². The topological polar surface area (TPSA) is 25.8 Å². The molecule has 0 aliphatic heterocycles. The van der Waals surface area contributed by atoms with Crippen LogP contribution in [0, 0.1) is 0 Å². The Morgan fingerprint density at radius 1 is 0.478 bits per heavy atom. The second-order valence-electron chi connectivity index (χ2n) is 12.6. The summed E-state index contributed by atoms with van der Waals surface area (Å²) in [5.74, 6) is 0.749. The van der Waals surface area contributed by atoms with E-state index in [1.165, 1.54) is 59.1 Å². The normalized spacial score (nSPS) is 13.2. The summed E-state index contributed by atoms with van der Waals surface area (Å²) < 4.78 is 2.62. The van der Waals surface area contributed by atoms with Gasteiger partial charge in [0.2, 0.25) is 0 Å². The molecular formula is C43H30N2S. The highest BCUT2D eigenvalue weighted by Crippen LogP contribution is 2.51. The average molecular weight is 607 g/mol. The third kappa shape index (κ3) is 4.16. The van der Waals surface area contributed by atoms with E-state index in [2.05, 4.69) is 159 Å². The quantitative estimate of drug-likeness (QED) is 0.199. The number of fused-ring (bicyclic) bond motifs is 6. The first-order valence-electron chi connectivity index (χ1n) is 15.8. The van der Waals surface area contributed by atoms with Gasteiger partial charge < -0.3 is 0 Å². The van der Waals surface area contributed by atoms with Crippen molar-refractivity contribution in [3.05, 3.63) is 157 Å². The highest BCUT2D eigenvalue weighted by atomic mass is 32.1. The van der Waals surface area contributed by atoms with Crippen molar-refractivity contribution in [1.82, 2.24) is 9.97 Å². The maximum absolute atomic E-state index is 5.39. The van der Waals surface area contributed by atoms with Gasteiger partial charge in [-0.1, -0.05) is 147 Å². The summed E-state index contributed by atoms with van der Waals surface area (Å²) in [5.41, 5.74) is 12.4. The summed E-state index contributed by atoms with van der Waals surface area (Å²) in [6, 6.07) is 52.2. The van der Waals surface area contributed by atoms with Crippen molar-refractivity contribution in [2.45, 2.75) is 19.3 Å². The van der Waals surface area contributed by atoms with Crippen molar-refractivity contribution >= 4 is 31.5 Å². The fraction of sp³-hybridized carbons (Fsp3) is 0.0698. The third-order valence-electron chi connectivity index (χ3n) is 9.49. The Morgan fingerprint density at radius 2 is 1.09 bits per heavy atom. The number of rotatable bonds is 4. The molecule has 9 rings (SSSR count). The van der Waals surface area contributed by atoms with Crippen LogP contribution in [0.15, 0.2) is 146 Å². The SMILES string of the molecule is CC1(C)c2ccccc2-c2nc(-c3cccc(-c4cccc5c4sc4ccccc45)c3)nc(-c3ccc(-c4ccccc4)cc3)c21. The van der Waals surface area contributed by atoms with Gasteiger partial charge in [-0.25, -0.2) is 9.97 Å². The first-order chi connectivity index (χ1) is 22.6. The second kappa shape index (κ2) is 10.3. The molecule has 0 atom stereocenters. The largest absolute Gasteiger partial charge is 0.228 e. The van der Waals surface area contributed by atoms with Crippen molar-refractivity contribution in [1.29, 1.82) is 0 Å². The van der Waals surface area contributed by atoms with Gasteiger partial charge >= 0.3 is 0 Å². The van der Waals surface area contributed by atoms with Gasteiger partial charge in [0.15, 0.2) is 5.82 Å². The Balaban J connectivity index is 1.23. The lowest BCUT2D eigenvalue weighted by molar-refractivity contribution is 0.658. The van der Waals surface area contributed by atoms with Gasteiger partial charge in [0, 0.05) is 47.8 Å². The van der Waals surface area contributed by atoms with Crippen LogP contribution in [-0.2, 0) is 5.41 Å². The van der Waals surface area contributed by atoms with Crippen LogP contribution in [0.5, 0.6) is 0 Å². The summed E-state index contributed by atoms with van der Waals surface area (Å²) >= 11 is 1.86. The predicted octanol–water partition coefficient (Wildman–Crippen LogP) is 11.8. The summed E-state index contributed by atoms with van der Waals surface area (Å²) in [4.78, 5) is 10.7. The third-order valence-corrected chi connectivity index (χ3v) is 10.7. The van der Waals surface area contributed by atoms with Crippen LogP contribution < -0.4 is 0 Å². The van der Waals surface area contributed by atoms with Crippen LogP contribution in [0.4, 0.5) is 0 Å². The van der Waals surface area contributed by atoms with E-state index in [4.69, 9.17) is 9.97 Å². The molecule has 218 valence electrons. The number of aromatic nitrogens is 2. The highest BCUT2D eigenvalue weighted by Gasteiger charge is 2.40. The Hall–Kier alpha value is -5.38. The van der Waals surface area contributed by atoms with E-state index >= 15 is 0 Å². The van der Waals surface area contributed by atoms with Gasteiger partial charge in [-0.3, -0.25) is 0 Å². The molecule has 0 bridgehead atoms. The van der Waals surface area contributed by atoms with Gasteiger partial charge in [-0.15, -0.1) is 11.3 Å². The first-order valence-corrected chi connectivity index (χ1v) is 16.6. The molecule has 0 N–H and O–H groups in total. The first kappa shape index (κ1) is 27.0. The summed E-state index contributed by atoms with van der Waals surface area (Å²) in [5, 5.41) is 2.61. The monoisotopic (exact) mass is 606 g/mol. The van der Waals surface area contributed by atoms with E-state index in [1.54, 1.807) is 0 Å². The zero-order chi connectivity index (χ0) is 30.8. The molecule has 0 saturated heterocycles. The van der Waals surface area contributed by atoms with Gasteiger partial charge in [0.25, 0.3) is 0 Å². The van der Waals surface area contributed by atoms with Gasteiger partial charge in [-0.2, -0.15) is 0 Å². The van der Waals surface area contributed by atoms with E-state index in [0.717, 1.165) is 28.3 Å². The maximum Gasteiger partial charge on any atom is 0.160 e. The Labute approximate surface area is 272 Å². The molecule has 8 aromatic rings. The van der Waals surface area contributed by atoms with Crippen molar-refractivity contribution in [3.8, 4) is 56.2 Å². The molecule has 2 heterocycles. The molecule has 1 aliphatic carbocycles. The molecule has 0 spiro atoms. The van der Waals surface area contributed by atoms with Crippen LogP contribution in [0.2, 0.25) is 0 Å². The van der Waals surface area contributed by atoms with Crippen LogP contribution in [-0.4, -0.2) is 9.97 Å². The smallest absolute Gasteiger partial charge is 0.160 e. The summed E-state index contributed by atoms with van der Waals surface area (Å²) in [6.07, 6.45) is 0. The lowest BCUT2D eigenvalue weighted by Gasteiger charge is -2.24. The zero-order valence-electron chi connectivity index (χ0n) is 25.7. The molecule has 0 saturated carbocycles. The van der Waals surface area contributed by atoms with Crippen LogP contribution >= 0.6 is 11.3 Å². The molecular weight excluding hydrogens is 577 g/mol. The standard InChI is InChI=1S/C43H30N2S/c1-43(2)36-20-8-6-17-35(36)40-38(43)39(29-24-22-28(23-25-29)27-12-4-3-5-13-27)44-42(45-40)31-15-10-14-30(26-31)32-18-11-19-34-33-16-7-9-21-37(33)46-41(32)34/h3-26H,1-2H3. The summed E-state index contributed by atoms with van der Waals surface area (Å²) in [6.45, 7) is 4.60. The Kier molecular flexibility index (Phi) is 6.06. The van der Waals surface area contributed by atoms with E-state index in [-0.39, 0.29) is 5.41 Å². The van der Waals surface area contributed by atoms with E-state index in [1.807, 2.05) is 11.3 Å². The minimum Gasteiger partial charge on any atom is -0.228 e. The zero-order valence-corrected chi connectivity index (χ0v) is 26.5. The van der Waals surface area contributed by atoms with E-state index in [0.29, 0.717) is 0 Å². The highest BCUT2D eigenvalue weighted by molar-refractivity contribution is 7.26. The minimum absolute atomic E-state index is 0.226. The molecule has 46 heavy (non-hydrogen) atoms. The summed E-state index contributed by atoms with van der Waals surface area (Å²) in [7, 11) is 0. The number of benzene rings is 6. The molecule has 2 aromatic heterocycles. The molecule has 0 amide bonds. The fourth-order valence-electron chi connectivity index (χ4n) is 7.21. The minimum atomic E-state index is -0.226. The average Bonchev–Trinajstić information content (AvgIpc) is 3.61. The molecule has 1 aliphatic rings. The van der Waals surface area contributed by atoms with Crippen LogP contribution in [0.25, 0.3) is 76.3 Å². The number of nitrogens with zero attached hydrogens (tertiary/aromatic N) is 2. The molecule has 0 fully saturated rings. The van der Waals surface area contributed by atoms with Crippen LogP contribution in [0.3, 0.4) is 0 Å². The number of hydrogen-bond donors (Lipinski definition) is 0. The Bertz CT molecular complexity index is 2440. The van der Waals surface area contributed by atoms with E-state index in [9.17, 15) is 0 Å². The van der Waals surface area contributed by atoms with Gasteiger partial charge in [-0.05, 0) is 39.9 Å². The lowest BCUT2D eigenvalue weighted by Crippen LogP contribution is -2.17. The maximum atomic E-state index is 5.39. The van der Waals surface area contributed by atoms with Crippen LogP contribution in [0.1, 0.15) is 25.0 Å². The molecule has 6 aromatic carbocycles. The molecule has 3 heteroatoms. The number of thiophene rings is 1. The van der Waals surface area contributed by atoms with E-state index < -0.39 is 0 Å². The van der Waals surface area contributed by atoms with Gasteiger partial charge in [0.1, 0.15) is 0 Å². The molecule has 0 radical (unpaired) electrons. The van der Waals surface area contributed by atoms with Crippen molar-refractivity contribution in [3.63, 3.8) is 0 Å². The fourth-order valence-corrected chi connectivity index (χ4v) is 8.44. The Morgan fingerprint density at radius 3 is 1.96 bits per heavy atom. The molecule has 2 nitrogen and oxygen atoms in total. The van der Waals surface area contributed by atoms with Gasteiger partial charge in [0.05, 0.1) is 11.4 Å². The predicted molar refractivity (Wildman–Crippen MR) is 194 cm³/mol. The number of hydrogen-bond acceptors (Lipinski definition) is 3. The van der Waals surface area contributed by atoms with Crippen molar-refractivity contribution in [2.75, 3.05) is 0 Å². The molecule has 0 unspecified atom stereocenters. The lowest BCUT2D eigenvalue weighted by atomic mass is 9.80. The van der Waals surface area contributed by atoms with Crippen molar-refractivity contribution in [2.24, 2.45) is 0 Å². The second-order valence-corrected chi connectivity index (χ2v) is 13.6.